The van der Waals surface area contributed by atoms with Crippen molar-refractivity contribution in [2.45, 2.75) is 13.0 Å². The van der Waals surface area contributed by atoms with Crippen molar-refractivity contribution in [3.05, 3.63) is 52.0 Å². The second kappa shape index (κ2) is 6.51. The first-order chi connectivity index (χ1) is 10.0. The maximum Gasteiger partial charge on any atom is 0.121 e. The number of nitriles is 1. The number of anilines is 1. The van der Waals surface area contributed by atoms with Crippen LogP contribution in [0.4, 0.5) is 5.69 Å². The van der Waals surface area contributed by atoms with Gasteiger partial charge in [0, 0.05) is 10.0 Å². The summed E-state index contributed by atoms with van der Waals surface area (Å²) in [6.07, 6.45) is 0. The Morgan fingerprint density at radius 2 is 2.05 bits per heavy atom. The number of nitrogens with zero attached hydrogens (tertiary/aromatic N) is 1. The molecule has 4 nitrogen and oxygen atoms in total. The number of phenols is 1. The molecule has 1 unspecified atom stereocenters. The van der Waals surface area contributed by atoms with E-state index in [4.69, 9.17) is 4.74 Å². The molecule has 1 atom stereocenters. The largest absolute Gasteiger partial charge is 0.508 e. The van der Waals surface area contributed by atoms with Gasteiger partial charge < -0.3 is 15.2 Å². The Morgan fingerprint density at radius 1 is 1.29 bits per heavy atom. The molecule has 0 aliphatic rings. The Morgan fingerprint density at radius 3 is 2.71 bits per heavy atom. The number of ether oxygens (including phenoxy) is 1. The van der Waals surface area contributed by atoms with Crippen molar-refractivity contribution in [1.29, 1.82) is 5.26 Å². The molecule has 2 N–H and O–H groups in total. The van der Waals surface area contributed by atoms with E-state index in [9.17, 15) is 10.4 Å². The van der Waals surface area contributed by atoms with Gasteiger partial charge in [-0.2, -0.15) is 5.26 Å². The molecule has 0 aromatic heterocycles. The van der Waals surface area contributed by atoms with E-state index in [0.717, 1.165) is 10.2 Å². The number of aromatic hydroxyl groups is 1. The number of rotatable bonds is 4. The van der Waals surface area contributed by atoms with E-state index in [1.807, 2.05) is 19.1 Å². The quantitative estimate of drug-likeness (QED) is 0.870. The van der Waals surface area contributed by atoms with Crippen molar-refractivity contribution in [2.75, 3.05) is 12.4 Å². The molecule has 0 saturated heterocycles. The Kier molecular flexibility index (Phi) is 4.71. The van der Waals surface area contributed by atoms with Crippen molar-refractivity contribution >= 4 is 21.6 Å². The zero-order valence-corrected chi connectivity index (χ0v) is 13.3. The van der Waals surface area contributed by atoms with Gasteiger partial charge in [-0.25, -0.2) is 0 Å². The fourth-order valence-corrected chi connectivity index (χ4v) is 2.41. The highest BCUT2D eigenvalue weighted by Gasteiger charge is 2.13. The monoisotopic (exact) mass is 346 g/mol. The van der Waals surface area contributed by atoms with Crippen molar-refractivity contribution in [3.63, 3.8) is 0 Å². The highest BCUT2D eigenvalue weighted by molar-refractivity contribution is 9.10. The molecule has 0 saturated carbocycles. The molecule has 0 spiro atoms. The van der Waals surface area contributed by atoms with Crippen LogP contribution in [-0.2, 0) is 0 Å². The molecule has 108 valence electrons. The van der Waals surface area contributed by atoms with Crippen molar-refractivity contribution in [2.24, 2.45) is 0 Å². The minimum atomic E-state index is -0.173. The van der Waals surface area contributed by atoms with Gasteiger partial charge >= 0.3 is 0 Å². The third-order valence-electron chi connectivity index (χ3n) is 3.18. The van der Waals surface area contributed by atoms with Crippen LogP contribution in [0.5, 0.6) is 11.5 Å². The SMILES string of the molecule is COc1ccc(O)c(C(C)Nc2ccc(Br)cc2C#N)c1. The summed E-state index contributed by atoms with van der Waals surface area (Å²) in [5.74, 6) is 0.860. The Hall–Kier alpha value is -2.19. The summed E-state index contributed by atoms with van der Waals surface area (Å²) in [5, 5.41) is 22.4. The van der Waals surface area contributed by atoms with Crippen LogP contribution in [0.2, 0.25) is 0 Å². The molecule has 0 heterocycles. The molecule has 2 aromatic carbocycles. The smallest absolute Gasteiger partial charge is 0.121 e. The lowest BCUT2D eigenvalue weighted by atomic mass is 10.1. The average molecular weight is 347 g/mol. The normalized spacial score (nSPS) is 11.5. The van der Waals surface area contributed by atoms with Gasteiger partial charge in [0.15, 0.2) is 0 Å². The van der Waals surface area contributed by atoms with Crippen LogP contribution in [0.25, 0.3) is 0 Å². The number of benzene rings is 2. The Balaban J connectivity index is 2.30. The standard InChI is InChI=1S/C16H15BrN2O2/c1-10(14-8-13(21-2)4-6-16(14)20)19-15-5-3-12(17)7-11(15)9-18/h3-8,10,19-20H,1-2H3. The number of nitrogens with one attached hydrogen (secondary N) is 1. The Bertz CT molecular complexity index is 695. The molecule has 5 heteroatoms. The minimum Gasteiger partial charge on any atom is -0.508 e. The maximum absolute atomic E-state index is 9.98. The van der Waals surface area contributed by atoms with Gasteiger partial charge in [0.1, 0.15) is 17.6 Å². The molecule has 0 aliphatic carbocycles. The summed E-state index contributed by atoms with van der Waals surface area (Å²) in [6, 6.07) is 12.5. The van der Waals surface area contributed by atoms with Crippen molar-refractivity contribution in [3.8, 4) is 17.6 Å². The molecule has 0 fully saturated rings. The third kappa shape index (κ3) is 3.47. The summed E-state index contributed by atoms with van der Waals surface area (Å²) >= 11 is 3.34. The van der Waals surface area contributed by atoms with Gasteiger partial charge in [-0.15, -0.1) is 0 Å². The first-order valence-corrected chi connectivity index (χ1v) is 7.17. The van der Waals surface area contributed by atoms with E-state index < -0.39 is 0 Å². The first kappa shape index (κ1) is 15.2. The van der Waals surface area contributed by atoms with Crippen LogP contribution >= 0.6 is 15.9 Å². The predicted octanol–water partition coefficient (Wildman–Crippen LogP) is 4.21. The number of methoxy groups -OCH3 is 1. The third-order valence-corrected chi connectivity index (χ3v) is 3.67. The van der Waals surface area contributed by atoms with E-state index in [2.05, 4.69) is 27.3 Å². The second-order valence-electron chi connectivity index (χ2n) is 4.59. The van der Waals surface area contributed by atoms with Crippen LogP contribution in [0.15, 0.2) is 40.9 Å². The molecule has 2 rings (SSSR count). The minimum absolute atomic E-state index is 0.173. The van der Waals surface area contributed by atoms with Crippen LogP contribution in [0.3, 0.4) is 0 Å². The lowest BCUT2D eigenvalue weighted by molar-refractivity contribution is 0.410. The van der Waals surface area contributed by atoms with E-state index >= 15 is 0 Å². The lowest BCUT2D eigenvalue weighted by Gasteiger charge is -2.18. The summed E-state index contributed by atoms with van der Waals surface area (Å²) in [5.41, 5.74) is 1.97. The van der Waals surface area contributed by atoms with Gasteiger partial charge in [-0.1, -0.05) is 15.9 Å². The fourth-order valence-electron chi connectivity index (χ4n) is 2.05. The first-order valence-electron chi connectivity index (χ1n) is 6.38. The van der Waals surface area contributed by atoms with Crippen LogP contribution in [0.1, 0.15) is 24.1 Å². The van der Waals surface area contributed by atoms with Gasteiger partial charge in [0.2, 0.25) is 0 Å². The Labute approximate surface area is 132 Å². The van der Waals surface area contributed by atoms with E-state index in [1.54, 1.807) is 31.4 Å². The average Bonchev–Trinajstić information content (AvgIpc) is 2.49. The molecular formula is C16H15BrN2O2. The summed E-state index contributed by atoms with van der Waals surface area (Å²) in [4.78, 5) is 0. The summed E-state index contributed by atoms with van der Waals surface area (Å²) in [6.45, 7) is 1.91. The van der Waals surface area contributed by atoms with E-state index in [1.165, 1.54) is 0 Å². The molecular weight excluding hydrogens is 332 g/mol. The van der Waals surface area contributed by atoms with Crippen molar-refractivity contribution < 1.29 is 9.84 Å². The van der Waals surface area contributed by atoms with Crippen LogP contribution in [0, 0.1) is 11.3 Å². The van der Waals surface area contributed by atoms with Gasteiger partial charge in [0.25, 0.3) is 0 Å². The highest BCUT2D eigenvalue weighted by Crippen LogP contribution is 2.31. The summed E-state index contributed by atoms with van der Waals surface area (Å²) < 4.78 is 6.02. The molecule has 0 amide bonds. The van der Waals surface area contributed by atoms with Crippen molar-refractivity contribution in [1.82, 2.24) is 0 Å². The van der Waals surface area contributed by atoms with Gasteiger partial charge in [0.05, 0.1) is 24.4 Å². The van der Waals surface area contributed by atoms with Gasteiger partial charge in [-0.3, -0.25) is 0 Å². The number of halogens is 1. The molecule has 0 aliphatic heterocycles. The maximum atomic E-state index is 9.98. The predicted molar refractivity (Wildman–Crippen MR) is 85.6 cm³/mol. The number of hydrogen-bond donors (Lipinski definition) is 2. The lowest BCUT2D eigenvalue weighted by Crippen LogP contribution is -2.08. The molecule has 0 radical (unpaired) electrons. The van der Waals surface area contributed by atoms with Gasteiger partial charge in [-0.05, 0) is 43.3 Å². The van der Waals surface area contributed by atoms with Crippen LogP contribution < -0.4 is 10.1 Å². The van der Waals surface area contributed by atoms with Crippen LogP contribution in [-0.4, -0.2) is 12.2 Å². The van der Waals surface area contributed by atoms with E-state index in [-0.39, 0.29) is 11.8 Å². The zero-order valence-electron chi connectivity index (χ0n) is 11.7. The number of phenolic OH excluding ortho intramolecular Hbond substituents is 1. The molecule has 0 bridgehead atoms. The second-order valence-corrected chi connectivity index (χ2v) is 5.51. The topological polar surface area (TPSA) is 65.3 Å². The van der Waals surface area contributed by atoms with E-state index in [0.29, 0.717) is 16.9 Å². The summed E-state index contributed by atoms with van der Waals surface area (Å²) in [7, 11) is 1.58. The fraction of sp³-hybridized carbons (Fsp3) is 0.188. The highest BCUT2D eigenvalue weighted by atomic mass is 79.9. The molecule has 2 aromatic rings. The molecule has 21 heavy (non-hydrogen) atoms. The zero-order chi connectivity index (χ0) is 15.4. The number of hydrogen-bond acceptors (Lipinski definition) is 4.